The van der Waals surface area contributed by atoms with Gasteiger partial charge in [0.15, 0.2) is 17.0 Å². The molecule has 2 aliphatic carbocycles. The number of benzene rings is 2. The second-order valence-corrected chi connectivity index (χ2v) is 11.8. The summed E-state index contributed by atoms with van der Waals surface area (Å²) in [7, 11) is 0. The second kappa shape index (κ2) is 11.2. The van der Waals surface area contributed by atoms with Crippen molar-refractivity contribution in [2.24, 2.45) is 5.92 Å². The predicted octanol–water partition coefficient (Wildman–Crippen LogP) is 5.12. The van der Waals surface area contributed by atoms with E-state index in [4.69, 9.17) is 4.98 Å². The molecule has 0 bridgehead atoms. The van der Waals surface area contributed by atoms with Gasteiger partial charge in [-0.25, -0.2) is 14.9 Å². The molecule has 2 fully saturated rings. The molecule has 0 saturated heterocycles. The smallest absolute Gasteiger partial charge is 0.317 e. The van der Waals surface area contributed by atoms with E-state index in [1.807, 2.05) is 25.1 Å². The Morgan fingerprint density at radius 3 is 2.33 bits per heavy atom. The third-order valence-corrected chi connectivity index (χ3v) is 8.83. The average Bonchev–Trinajstić information content (AvgIpc) is 3.52. The summed E-state index contributed by atoms with van der Waals surface area (Å²) in [4.78, 5) is 32.6. The third kappa shape index (κ3) is 4.88. The lowest BCUT2D eigenvalue weighted by atomic mass is 9.88. The molecule has 0 unspecified atom stereocenters. The highest BCUT2D eigenvalue weighted by atomic mass is 16.2. The van der Waals surface area contributed by atoms with Crippen molar-refractivity contribution in [1.29, 1.82) is 0 Å². The summed E-state index contributed by atoms with van der Waals surface area (Å²) >= 11 is 0. The van der Waals surface area contributed by atoms with E-state index in [0.717, 1.165) is 73.0 Å². The number of hydrogen-bond donors (Lipinski definition) is 1. The third-order valence-electron chi connectivity index (χ3n) is 8.83. The molecule has 0 atom stereocenters. The zero-order valence-corrected chi connectivity index (χ0v) is 24.0. The Labute approximate surface area is 243 Å². The number of tetrazole rings is 1. The van der Waals surface area contributed by atoms with Gasteiger partial charge in [-0.05, 0) is 65.1 Å². The lowest BCUT2D eigenvalue weighted by Gasteiger charge is -2.22. The summed E-state index contributed by atoms with van der Waals surface area (Å²) in [5, 5.41) is 14.4. The lowest BCUT2D eigenvalue weighted by molar-refractivity contribution is 0.419. The quantitative estimate of drug-likeness (QED) is 0.266. The van der Waals surface area contributed by atoms with Gasteiger partial charge in [-0.3, -0.25) is 13.9 Å². The van der Waals surface area contributed by atoms with Crippen LogP contribution in [0.3, 0.4) is 0 Å². The van der Waals surface area contributed by atoms with Gasteiger partial charge in [0.05, 0.1) is 0 Å². The van der Waals surface area contributed by atoms with Crippen LogP contribution in [0.25, 0.3) is 33.7 Å². The van der Waals surface area contributed by atoms with E-state index in [1.165, 1.54) is 11.0 Å². The molecule has 216 valence electrons. The fourth-order valence-electron chi connectivity index (χ4n) is 6.47. The van der Waals surface area contributed by atoms with Crippen LogP contribution in [0.5, 0.6) is 0 Å². The minimum Gasteiger partial charge on any atom is -0.317 e. The standard InChI is InChI=1S/C32H36N8O2/c1-2-18-38-31(41)27-30(40(32(38)42)20-21-12-13-21)33-29(24-8-4-3-5-9-24)39(27)19-22-14-16-23(17-15-22)25-10-6-7-11-26(25)28-34-36-37-35-28/h6-7,10-11,14-17,21,24H,2-5,8-9,12-13,18-20H2,1H3,(H,34,35,36,37). The Morgan fingerprint density at radius 2 is 1.64 bits per heavy atom. The number of nitrogens with zero attached hydrogens (tertiary/aromatic N) is 7. The molecule has 0 aliphatic heterocycles. The molecule has 2 aromatic carbocycles. The molecule has 7 rings (SSSR count). The van der Waals surface area contributed by atoms with Crippen LogP contribution in [0.1, 0.15) is 75.6 Å². The van der Waals surface area contributed by atoms with E-state index in [9.17, 15) is 9.59 Å². The second-order valence-electron chi connectivity index (χ2n) is 11.8. The molecular formula is C32H36N8O2. The first-order valence-corrected chi connectivity index (χ1v) is 15.3. The summed E-state index contributed by atoms with van der Waals surface area (Å²) in [5.74, 6) is 2.35. The number of imidazole rings is 1. The topological polar surface area (TPSA) is 116 Å². The van der Waals surface area contributed by atoms with Crippen LogP contribution in [0.15, 0.2) is 58.1 Å². The van der Waals surface area contributed by atoms with Gasteiger partial charge in [-0.1, -0.05) is 74.7 Å². The van der Waals surface area contributed by atoms with Crippen molar-refractivity contribution < 1.29 is 0 Å². The molecule has 0 amide bonds. The Balaban J connectivity index is 1.33. The monoisotopic (exact) mass is 564 g/mol. The van der Waals surface area contributed by atoms with Gasteiger partial charge in [0.1, 0.15) is 5.82 Å². The van der Waals surface area contributed by atoms with E-state index >= 15 is 0 Å². The fourth-order valence-corrected chi connectivity index (χ4v) is 6.47. The summed E-state index contributed by atoms with van der Waals surface area (Å²) in [6, 6.07) is 16.5. The number of aromatic nitrogens is 8. The van der Waals surface area contributed by atoms with Crippen molar-refractivity contribution in [3.05, 3.63) is 80.8 Å². The highest BCUT2D eigenvalue weighted by Gasteiger charge is 2.29. The lowest BCUT2D eigenvalue weighted by Crippen LogP contribution is -2.41. The summed E-state index contributed by atoms with van der Waals surface area (Å²) in [6.45, 7) is 3.58. The number of aromatic amines is 1. The van der Waals surface area contributed by atoms with Crippen LogP contribution in [-0.4, -0.2) is 39.3 Å². The van der Waals surface area contributed by atoms with Gasteiger partial charge in [0.25, 0.3) is 5.56 Å². The molecule has 10 heteroatoms. The molecule has 2 saturated carbocycles. The normalized spacial score (nSPS) is 15.9. The van der Waals surface area contributed by atoms with Gasteiger partial charge >= 0.3 is 5.69 Å². The van der Waals surface area contributed by atoms with E-state index in [1.54, 1.807) is 4.57 Å². The Kier molecular flexibility index (Phi) is 7.05. The van der Waals surface area contributed by atoms with Gasteiger partial charge < -0.3 is 4.57 Å². The summed E-state index contributed by atoms with van der Waals surface area (Å²) in [5.41, 5.74) is 4.79. The van der Waals surface area contributed by atoms with Crippen LogP contribution in [-0.2, 0) is 19.6 Å². The Hall–Kier alpha value is -4.34. The molecule has 10 nitrogen and oxygen atoms in total. The molecule has 42 heavy (non-hydrogen) atoms. The van der Waals surface area contributed by atoms with Crippen LogP contribution < -0.4 is 11.2 Å². The highest BCUT2D eigenvalue weighted by Crippen LogP contribution is 2.35. The van der Waals surface area contributed by atoms with E-state index in [-0.39, 0.29) is 17.2 Å². The minimum absolute atomic E-state index is 0.217. The molecule has 3 aromatic heterocycles. The molecule has 1 N–H and O–H groups in total. The van der Waals surface area contributed by atoms with E-state index < -0.39 is 0 Å². The molecule has 0 radical (unpaired) electrons. The minimum atomic E-state index is -0.218. The predicted molar refractivity (Wildman–Crippen MR) is 161 cm³/mol. The number of hydrogen-bond acceptors (Lipinski definition) is 6. The Bertz CT molecular complexity index is 1820. The van der Waals surface area contributed by atoms with Crippen LogP contribution in [0, 0.1) is 5.92 Å². The number of fused-ring (bicyclic) bond motifs is 1. The zero-order chi connectivity index (χ0) is 28.6. The summed E-state index contributed by atoms with van der Waals surface area (Å²) in [6.07, 6.45) is 8.66. The number of nitrogens with one attached hydrogen (secondary N) is 1. The van der Waals surface area contributed by atoms with Gasteiger partial charge in [-0.2, -0.15) is 0 Å². The summed E-state index contributed by atoms with van der Waals surface area (Å²) < 4.78 is 5.36. The number of H-pyrrole nitrogens is 1. The zero-order valence-electron chi connectivity index (χ0n) is 24.0. The van der Waals surface area contributed by atoms with Crippen molar-refractivity contribution >= 4 is 11.2 Å². The first-order valence-electron chi connectivity index (χ1n) is 15.3. The first kappa shape index (κ1) is 26.6. The van der Waals surface area contributed by atoms with Crippen molar-refractivity contribution in [3.8, 4) is 22.5 Å². The molecule has 5 aromatic rings. The van der Waals surface area contributed by atoms with Gasteiger partial charge in [0.2, 0.25) is 0 Å². The maximum Gasteiger partial charge on any atom is 0.332 e. The first-order chi connectivity index (χ1) is 20.6. The highest BCUT2D eigenvalue weighted by molar-refractivity contribution is 5.80. The molecule has 2 aliphatic rings. The SMILES string of the molecule is CCCn1c(=O)c2c(nc(C3CCCCC3)n2Cc2ccc(-c3ccccc3-c3nnn[nH]3)cc2)n(CC2CC2)c1=O. The van der Waals surface area contributed by atoms with E-state index in [0.29, 0.717) is 42.5 Å². The Morgan fingerprint density at radius 1 is 0.881 bits per heavy atom. The van der Waals surface area contributed by atoms with Crippen LogP contribution in [0.2, 0.25) is 0 Å². The average molecular weight is 565 g/mol. The van der Waals surface area contributed by atoms with E-state index in [2.05, 4.69) is 55.5 Å². The van der Waals surface area contributed by atoms with Crippen molar-refractivity contribution in [2.75, 3.05) is 0 Å². The van der Waals surface area contributed by atoms with Crippen LogP contribution >= 0.6 is 0 Å². The van der Waals surface area contributed by atoms with Crippen LogP contribution in [0.4, 0.5) is 0 Å². The van der Waals surface area contributed by atoms with Crippen molar-refractivity contribution in [2.45, 2.75) is 83.8 Å². The fraction of sp³-hybridized carbons (Fsp3) is 0.438. The largest absolute Gasteiger partial charge is 0.332 e. The van der Waals surface area contributed by atoms with Gasteiger partial charge in [0, 0.05) is 31.1 Å². The van der Waals surface area contributed by atoms with Crippen molar-refractivity contribution in [1.82, 2.24) is 39.3 Å². The molecule has 3 heterocycles. The van der Waals surface area contributed by atoms with Gasteiger partial charge in [-0.15, -0.1) is 5.10 Å². The maximum atomic E-state index is 14.0. The molecule has 0 spiro atoms. The molecular weight excluding hydrogens is 528 g/mol. The maximum absolute atomic E-state index is 14.0. The van der Waals surface area contributed by atoms with Crippen molar-refractivity contribution in [3.63, 3.8) is 0 Å². The number of rotatable bonds is 9.